The van der Waals surface area contributed by atoms with Gasteiger partial charge in [-0.1, -0.05) is 51.9 Å². The maximum absolute atomic E-state index is 11.2. The molecule has 0 spiro atoms. The predicted octanol–water partition coefficient (Wildman–Crippen LogP) is 3.15. The number of rotatable bonds is 9. The van der Waals surface area contributed by atoms with Gasteiger partial charge in [-0.15, -0.1) is 0 Å². The molecule has 0 saturated carbocycles. The first-order valence-electron chi connectivity index (χ1n) is 6.87. The van der Waals surface area contributed by atoms with E-state index in [-0.39, 0.29) is 6.03 Å². The van der Waals surface area contributed by atoms with Crippen LogP contribution in [0.25, 0.3) is 0 Å². The van der Waals surface area contributed by atoms with Gasteiger partial charge in [0.1, 0.15) is 0 Å². The Bertz CT molecular complexity index is 194. The van der Waals surface area contributed by atoms with E-state index in [1.54, 1.807) is 0 Å². The zero-order valence-corrected chi connectivity index (χ0v) is 10.6. The van der Waals surface area contributed by atoms with Crippen molar-refractivity contribution >= 4 is 6.03 Å². The molecule has 1 heterocycles. The van der Waals surface area contributed by atoms with E-state index in [9.17, 15) is 4.79 Å². The van der Waals surface area contributed by atoms with Crippen molar-refractivity contribution in [3.63, 3.8) is 0 Å². The number of carbonyl (C=O) groups excluding carboxylic acids is 1. The predicted molar refractivity (Wildman–Crippen MR) is 67.6 cm³/mol. The van der Waals surface area contributed by atoms with Crippen LogP contribution in [0.4, 0.5) is 4.79 Å². The summed E-state index contributed by atoms with van der Waals surface area (Å²) in [5.41, 5.74) is 0. The zero-order chi connectivity index (χ0) is 11.6. The van der Waals surface area contributed by atoms with Gasteiger partial charge in [0.2, 0.25) is 0 Å². The van der Waals surface area contributed by atoms with Crippen LogP contribution in [0.15, 0.2) is 0 Å². The van der Waals surface area contributed by atoms with Crippen LogP contribution in [0, 0.1) is 0 Å². The quantitative estimate of drug-likeness (QED) is 0.602. The van der Waals surface area contributed by atoms with Crippen molar-refractivity contribution in [2.45, 2.75) is 58.3 Å². The summed E-state index contributed by atoms with van der Waals surface area (Å²) in [4.78, 5) is 13.2. The molecular formula is C13H26N2O. The van der Waals surface area contributed by atoms with E-state index in [2.05, 4.69) is 12.2 Å². The summed E-state index contributed by atoms with van der Waals surface area (Å²) in [6.45, 7) is 4.92. The third-order valence-corrected chi connectivity index (χ3v) is 3.23. The smallest absolute Gasteiger partial charge is 0.317 e. The van der Waals surface area contributed by atoms with Crippen molar-refractivity contribution in [2.24, 2.45) is 0 Å². The number of unbranched alkanes of at least 4 members (excludes halogenated alkanes) is 7. The molecule has 3 nitrogen and oxygen atoms in total. The number of nitrogens with one attached hydrogen (secondary N) is 1. The maximum atomic E-state index is 11.2. The van der Waals surface area contributed by atoms with E-state index in [0.717, 1.165) is 19.6 Å². The lowest BCUT2D eigenvalue weighted by Crippen LogP contribution is -2.28. The van der Waals surface area contributed by atoms with E-state index in [1.165, 1.54) is 51.4 Å². The van der Waals surface area contributed by atoms with Crippen LogP contribution >= 0.6 is 0 Å². The van der Waals surface area contributed by atoms with Crippen LogP contribution in [-0.2, 0) is 0 Å². The molecule has 0 atom stereocenters. The molecule has 94 valence electrons. The molecule has 0 radical (unpaired) electrons. The second-order valence-corrected chi connectivity index (χ2v) is 4.69. The first kappa shape index (κ1) is 13.3. The molecule has 1 fully saturated rings. The SMILES string of the molecule is CCCCCCCCCCN1CCNC1=O. The minimum atomic E-state index is 0.128. The minimum absolute atomic E-state index is 0.128. The molecule has 0 aromatic heterocycles. The largest absolute Gasteiger partial charge is 0.336 e. The first-order valence-corrected chi connectivity index (χ1v) is 6.87. The van der Waals surface area contributed by atoms with Crippen molar-refractivity contribution in [2.75, 3.05) is 19.6 Å². The third-order valence-electron chi connectivity index (χ3n) is 3.23. The van der Waals surface area contributed by atoms with Crippen LogP contribution < -0.4 is 5.32 Å². The number of amides is 2. The van der Waals surface area contributed by atoms with Gasteiger partial charge < -0.3 is 10.2 Å². The monoisotopic (exact) mass is 226 g/mol. The van der Waals surface area contributed by atoms with Crippen molar-refractivity contribution in [1.82, 2.24) is 10.2 Å². The van der Waals surface area contributed by atoms with E-state index < -0.39 is 0 Å². The van der Waals surface area contributed by atoms with Gasteiger partial charge in [0.15, 0.2) is 0 Å². The Morgan fingerprint density at radius 1 is 1.06 bits per heavy atom. The van der Waals surface area contributed by atoms with Crippen molar-refractivity contribution in [3.05, 3.63) is 0 Å². The fraction of sp³-hybridized carbons (Fsp3) is 0.923. The Balaban J connectivity index is 1.83. The lowest BCUT2D eigenvalue weighted by Gasteiger charge is -2.13. The van der Waals surface area contributed by atoms with Gasteiger partial charge in [0, 0.05) is 19.6 Å². The lowest BCUT2D eigenvalue weighted by atomic mass is 10.1. The minimum Gasteiger partial charge on any atom is -0.336 e. The average molecular weight is 226 g/mol. The summed E-state index contributed by atoms with van der Waals surface area (Å²) in [5, 5.41) is 2.83. The van der Waals surface area contributed by atoms with Gasteiger partial charge >= 0.3 is 6.03 Å². The zero-order valence-electron chi connectivity index (χ0n) is 10.6. The highest BCUT2D eigenvalue weighted by Crippen LogP contribution is 2.09. The summed E-state index contributed by atoms with van der Waals surface area (Å²) in [6, 6.07) is 0.128. The van der Waals surface area contributed by atoms with Crippen LogP contribution in [0.1, 0.15) is 58.3 Å². The normalized spacial score (nSPS) is 15.6. The molecular weight excluding hydrogens is 200 g/mol. The van der Waals surface area contributed by atoms with Crippen LogP contribution in [0.3, 0.4) is 0 Å². The molecule has 2 amide bonds. The average Bonchev–Trinajstić information content (AvgIpc) is 2.68. The molecule has 0 aliphatic carbocycles. The molecule has 1 saturated heterocycles. The standard InChI is InChI=1S/C13H26N2O/c1-2-3-4-5-6-7-8-9-11-15-12-10-14-13(15)16/h2-12H2,1H3,(H,14,16). The third kappa shape index (κ3) is 5.38. The fourth-order valence-corrected chi connectivity index (χ4v) is 2.16. The van der Waals surface area contributed by atoms with E-state index in [0.29, 0.717) is 0 Å². The molecule has 0 bridgehead atoms. The Kier molecular flexibility index (Phi) is 7.02. The van der Waals surface area contributed by atoms with Gasteiger partial charge in [-0.3, -0.25) is 0 Å². The van der Waals surface area contributed by atoms with Gasteiger partial charge in [0.25, 0.3) is 0 Å². The molecule has 3 heteroatoms. The second-order valence-electron chi connectivity index (χ2n) is 4.69. The summed E-state index contributed by atoms with van der Waals surface area (Å²) in [6.07, 6.45) is 10.6. The number of nitrogens with zero attached hydrogens (tertiary/aromatic N) is 1. The topological polar surface area (TPSA) is 32.3 Å². The highest BCUT2D eigenvalue weighted by Gasteiger charge is 2.17. The van der Waals surface area contributed by atoms with Gasteiger partial charge in [-0.2, -0.15) is 0 Å². The lowest BCUT2D eigenvalue weighted by molar-refractivity contribution is 0.216. The van der Waals surface area contributed by atoms with Gasteiger partial charge in [-0.25, -0.2) is 4.79 Å². The second kappa shape index (κ2) is 8.43. The molecule has 1 aliphatic rings. The molecule has 1 N–H and O–H groups in total. The highest BCUT2D eigenvalue weighted by molar-refractivity contribution is 5.76. The number of carbonyl (C=O) groups is 1. The van der Waals surface area contributed by atoms with Crippen molar-refractivity contribution < 1.29 is 4.79 Å². The molecule has 0 aromatic carbocycles. The van der Waals surface area contributed by atoms with Crippen LogP contribution in [0.2, 0.25) is 0 Å². The van der Waals surface area contributed by atoms with Crippen LogP contribution in [0.5, 0.6) is 0 Å². The van der Waals surface area contributed by atoms with E-state index in [1.807, 2.05) is 4.90 Å². The van der Waals surface area contributed by atoms with Crippen molar-refractivity contribution in [1.29, 1.82) is 0 Å². The van der Waals surface area contributed by atoms with Crippen molar-refractivity contribution in [3.8, 4) is 0 Å². The first-order chi connectivity index (χ1) is 7.84. The Labute approximate surface area is 99.6 Å². The molecule has 0 unspecified atom stereocenters. The number of hydrogen-bond acceptors (Lipinski definition) is 1. The number of urea groups is 1. The van der Waals surface area contributed by atoms with E-state index >= 15 is 0 Å². The summed E-state index contributed by atoms with van der Waals surface area (Å²) >= 11 is 0. The summed E-state index contributed by atoms with van der Waals surface area (Å²) in [7, 11) is 0. The maximum Gasteiger partial charge on any atom is 0.317 e. The molecule has 0 aromatic rings. The van der Waals surface area contributed by atoms with Crippen LogP contribution in [-0.4, -0.2) is 30.6 Å². The molecule has 1 rings (SSSR count). The van der Waals surface area contributed by atoms with E-state index in [4.69, 9.17) is 0 Å². The van der Waals surface area contributed by atoms with Gasteiger partial charge in [0.05, 0.1) is 0 Å². The molecule has 1 aliphatic heterocycles. The summed E-state index contributed by atoms with van der Waals surface area (Å²) < 4.78 is 0. The highest BCUT2D eigenvalue weighted by atomic mass is 16.2. The molecule has 16 heavy (non-hydrogen) atoms. The Morgan fingerprint density at radius 2 is 1.69 bits per heavy atom. The fourth-order valence-electron chi connectivity index (χ4n) is 2.16. The number of hydrogen-bond donors (Lipinski definition) is 1. The Morgan fingerprint density at radius 3 is 2.25 bits per heavy atom. The summed E-state index contributed by atoms with van der Waals surface area (Å²) in [5.74, 6) is 0. The van der Waals surface area contributed by atoms with Gasteiger partial charge in [-0.05, 0) is 6.42 Å². The Hall–Kier alpha value is -0.730.